The Balaban J connectivity index is 1.69. The summed E-state index contributed by atoms with van der Waals surface area (Å²) in [5.41, 5.74) is 0.232. The Morgan fingerprint density at radius 2 is 1.58 bits per heavy atom. The average molecular weight is 362 g/mol. The van der Waals surface area contributed by atoms with Crippen LogP contribution < -0.4 is 10.6 Å². The van der Waals surface area contributed by atoms with E-state index < -0.39 is 17.6 Å². The molecule has 136 valence electrons. The molecule has 0 saturated heterocycles. The van der Waals surface area contributed by atoms with Gasteiger partial charge in [-0.1, -0.05) is 6.07 Å². The molecule has 7 heteroatoms. The maximum Gasteiger partial charge on any atom is 0.416 e. The zero-order valence-electron chi connectivity index (χ0n) is 14.0. The van der Waals surface area contributed by atoms with Crippen LogP contribution in [0.15, 0.2) is 42.5 Å². The van der Waals surface area contributed by atoms with E-state index in [9.17, 15) is 22.8 Å². The van der Waals surface area contributed by atoms with Crippen molar-refractivity contribution < 1.29 is 22.8 Å². The van der Waals surface area contributed by atoms with E-state index in [4.69, 9.17) is 0 Å². The van der Waals surface area contributed by atoms with Gasteiger partial charge in [-0.05, 0) is 61.7 Å². The summed E-state index contributed by atoms with van der Waals surface area (Å²) in [5, 5.41) is 5.21. The average Bonchev–Trinajstić information content (AvgIpc) is 3.41. The number of aryl methyl sites for hydroxylation is 1. The summed E-state index contributed by atoms with van der Waals surface area (Å²) in [6.07, 6.45) is -2.70. The van der Waals surface area contributed by atoms with Gasteiger partial charge in [0.2, 0.25) is 5.91 Å². The Kier molecular flexibility index (Phi) is 4.71. The van der Waals surface area contributed by atoms with Crippen LogP contribution in [0, 0.1) is 12.8 Å². The minimum absolute atomic E-state index is 0.0402. The Labute approximate surface area is 148 Å². The summed E-state index contributed by atoms with van der Waals surface area (Å²) < 4.78 is 38.9. The van der Waals surface area contributed by atoms with E-state index >= 15 is 0 Å². The molecule has 2 N–H and O–H groups in total. The van der Waals surface area contributed by atoms with Crippen LogP contribution in [0.1, 0.15) is 34.3 Å². The number of carbonyl (C=O) groups excluding carboxylic acids is 2. The normalized spacial score (nSPS) is 14.0. The molecular formula is C19H17F3N2O2. The van der Waals surface area contributed by atoms with Crippen molar-refractivity contribution in [2.24, 2.45) is 5.92 Å². The van der Waals surface area contributed by atoms with Crippen molar-refractivity contribution in [1.29, 1.82) is 0 Å². The third-order valence-electron chi connectivity index (χ3n) is 4.16. The van der Waals surface area contributed by atoms with Crippen molar-refractivity contribution in [2.75, 3.05) is 10.6 Å². The lowest BCUT2D eigenvalue weighted by atomic mass is 10.1. The standard InChI is InChI=1S/C19H17F3N2O2/c1-11-2-7-15(10-16(11)19(20,21)22)24-18(26)13-5-8-14(9-6-13)23-17(25)12-3-4-12/h2,5-10,12H,3-4H2,1H3,(H,23,25)(H,24,26). The summed E-state index contributed by atoms with van der Waals surface area (Å²) >= 11 is 0. The van der Waals surface area contributed by atoms with Gasteiger partial charge in [0, 0.05) is 22.9 Å². The topological polar surface area (TPSA) is 58.2 Å². The SMILES string of the molecule is Cc1ccc(NC(=O)c2ccc(NC(=O)C3CC3)cc2)cc1C(F)(F)F. The number of halogens is 3. The highest BCUT2D eigenvalue weighted by molar-refractivity contribution is 6.04. The van der Waals surface area contributed by atoms with Gasteiger partial charge in [0.15, 0.2) is 0 Å². The Hall–Kier alpha value is -2.83. The van der Waals surface area contributed by atoms with Crippen LogP contribution in [-0.2, 0) is 11.0 Å². The fraction of sp³-hybridized carbons (Fsp3) is 0.263. The molecule has 26 heavy (non-hydrogen) atoms. The van der Waals surface area contributed by atoms with Gasteiger partial charge in [-0.3, -0.25) is 9.59 Å². The number of hydrogen-bond donors (Lipinski definition) is 2. The molecule has 0 spiro atoms. The van der Waals surface area contributed by atoms with Gasteiger partial charge in [-0.15, -0.1) is 0 Å². The number of alkyl halides is 3. The summed E-state index contributed by atoms with van der Waals surface area (Å²) in [4.78, 5) is 23.9. The van der Waals surface area contributed by atoms with Gasteiger partial charge >= 0.3 is 6.18 Å². The van der Waals surface area contributed by atoms with E-state index in [2.05, 4.69) is 10.6 Å². The molecule has 1 aliphatic carbocycles. The second-order valence-electron chi connectivity index (χ2n) is 6.32. The molecule has 2 aromatic rings. The van der Waals surface area contributed by atoms with Crippen LogP contribution in [0.2, 0.25) is 0 Å². The van der Waals surface area contributed by atoms with Crippen LogP contribution in [-0.4, -0.2) is 11.8 Å². The van der Waals surface area contributed by atoms with Crippen LogP contribution in [0.25, 0.3) is 0 Å². The van der Waals surface area contributed by atoms with E-state index in [0.29, 0.717) is 5.69 Å². The van der Waals surface area contributed by atoms with Gasteiger partial charge in [0.1, 0.15) is 0 Å². The zero-order valence-corrected chi connectivity index (χ0v) is 14.0. The van der Waals surface area contributed by atoms with E-state index in [1.54, 1.807) is 12.1 Å². The van der Waals surface area contributed by atoms with Crippen LogP contribution in [0.4, 0.5) is 24.5 Å². The van der Waals surface area contributed by atoms with Crippen LogP contribution in [0.5, 0.6) is 0 Å². The van der Waals surface area contributed by atoms with Crippen molar-refractivity contribution in [3.8, 4) is 0 Å². The highest BCUT2D eigenvalue weighted by Gasteiger charge is 2.32. The van der Waals surface area contributed by atoms with Crippen LogP contribution in [0.3, 0.4) is 0 Å². The Bertz CT molecular complexity index is 841. The van der Waals surface area contributed by atoms with Crippen molar-refractivity contribution in [3.63, 3.8) is 0 Å². The third-order valence-corrected chi connectivity index (χ3v) is 4.16. The van der Waals surface area contributed by atoms with E-state index in [0.717, 1.165) is 18.9 Å². The number of rotatable bonds is 4. The zero-order chi connectivity index (χ0) is 18.9. The number of hydrogen-bond acceptors (Lipinski definition) is 2. The van der Waals surface area contributed by atoms with Gasteiger partial charge in [0.25, 0.3) is 5.91 Å². The predicted molar refractivity (Wildman–Crippen MR) is 91.9 cm³/mol. The number of amides is 2. The molecule has 0 heterocycles. The minimum Gasteiger partial charge on any atom is -0.326 e. The number of nitrogens with one attached hydrogen (secondary N) is 2. The van der Waals surface area contributed by atoms with E-state index in [1.165, 1.54) is 31.2 Å². The number of carbonyl (C=O) groups is 2. The van der Waals surface area contributed by atoms with Crippen molar-refractivity contribution in [1.82, 2.24) is 0 Å². The predicted octanol–water partition coefficient (Wildman–Crippen LogP) is 4.61. The molecule has 0 atom stereocenters. The second-order valence-corrected chi connectivity index (χ2v) is 6.32. The van der Waals surface area contributed by atoms with Gasteiger partial charge in [-0.2, -0.15) is 13.2 Å². The van der Waals surface area contributed by atoms with E-state index in [1.807, 2.05) is 0 Å². The summed E-state index contributed by atoms with van der Waals surface area (Å²) in [5.74, 6) is -0.495. The monoisotopic (exact) mass is 362 g/mol. The third kappa shape index (κ3) is 4.22. The lowest BCUT2D eigenvalue weighted by Crippen LogP contribution is -2.15. The van der Waals surface area contributed by atoms with E-state index in [-0.39, 0.29) is 28.6 Å². The summed E-state index contributed by atoms with van der Waals surface area (Å²) in [6, 6.07) is 9.85. The first kappa shape index (κ1) is 18.0. The molecule has 2 amide bonds. The molecule has 4 nitrogen and oxygen atoms in total. The molecule has 0 aromatic heterocycles. The molecular weight excluding hydrogens is 345 g/mol. The molecule has 1 fully saturated rings. The van der Waals surface area contributed by atoms with Crippen molar-refractivity contribution in [3.05, 3.63) is 59.2 Å². The summed E-state index contributed by atoms with van der Waals surface area (Å²) in [6.45, 7) is 1.36. The Morgan fingerprint density at radius 1 is 0.962 bits per heavy atom. The first-order valence-corrected chi connectivity index (χ1v) is 8.14. The molecule has 0 aliphatic heterocycles. The van der Waals surface area contributed by atoms with Crippen molar-refractivity contribution in [2.45, 2.75) is 25.9 Å². The fourth-order valence-electron chi connectivity index (χ4n) is 2.50. The smallest absolute Gasteiger partial charge is 0.326 e. The molecule has 0 radical (unpaired) electrons. The maximum absolute atomic E-state index is 13.0. The molecule has 1 aliphatic rings. The van der Waals surface area contributed by atoms with Gasteiger partial charge in [0.05, 0.1) is 5.56 Å². The highest BCUT2D eigenvalue weighted by Crippen LogP contribution is 2.33. The quantitative estimate of drug-likeness (QED) is 0.834. The van der Waals surface area contributed by atoms with Crippen LogP contribution >= 0.6 is 0 Å². The Morgan fingerprint density at radius 3 is 2.15 bits per heavy atom. The lowest BCUT2D eigenvalue weighted by Gasteiger charge is -2.13. The fourth-order valence-corrected chi connectivity index (χ4v) is 2.50. The highest BCUT2D eigenvalue weighted by atomic mass is 19.4. The molecule has 0 bridgehead atoms. The number of benzene rings is 2. The number of anilines is 2. The molecule has 3 rings (SSSR count). The summed E-state index contributed by atoms with van der Waals surface area (Å²) in [7, 11) is 0. The molecule has 2 aromatic carbocycles. The van der Waals surface area contributed by atoms with Crippen molar-refractivity contribution >= 4 is 23.2 Å². The molecule has 1 saturated carbocycles. The lowest BCUT2D eigenvalue weighted by molar-refractivity contribution is -0.138. The maximum atomic E-state index is 13.0. The molecule has 0 unspecified atom stereocenters. The van der Waals surface area contributed by atoms with Gasteiger partial charge < -0.3 is 10.6 Å². The second kappa shape index (κ2) is 6.82. The first-order valence-electron chi connectivity index (χ1n) is 8.14. The minimum atomic E-state index is -4.48. The van der Waals surface area contributed by atoms with Gasteiger partial charge in [-0.25, -0.2) is 0 Å². The first-order chi connectivity index (χ1) is 12.2. The largest absolute Gasteiger partial charge is 0.416 e.